The monoisotopic (exact) mass is 220 g/mol. The fourth-order valence-electron chi connectivity index (χ4n) is 1.47. The fourth-order valence-corrected chi connectivity index (χ4v) is 3.11. The summed E-state index contributed by atoms with van der Waals surface area (Å²) >= 11 is 0. The van der Waals surface area contributed by atoms with Crippen molar-refractivity contribution in [2.75, 3.05) is 11.5 Å². The summed E-state index contributed by atoms with van der Waals surface area (Å²) in [5.74, 6) is -0.00433. The van der Waals surface area contributed by atoms with Gasteiger partial charge in [-0.2, -0.15) is 0 Å². The lowest BCUT2D eigenvalue weighted by atomic mass is 10.2. The maximum Gasteiger partial charge on any atom is 0.236 e. The van der Waals surface area contributed by atoms with Crippen LogP contribution in [0.3, 0.4) is 0 Å². The van der Waals surface area contributed by atoms with Gasteiger partial charge in [-0.05, 0) is 19.8 Å². The highest BCUT2D eigenvalue weighted by Crippen LogP contribution is 2.11. The molecule has 0 radical (unpaired) electrons. The zero-order chi connectivity index (χ0) is 10.8. The topological polar surface area (TPSA) is 89.3 Å². The smallest absolute Gasteiger partial charge is 0.236 e. The van der Waals surface area contributed by atoms with Crippen molar-refractivity contribution >= 4 is 15.7 Å². The molecule has 1 fully saturated rings. The SMILES string of the molecule is C[C@H](N)C(=O)NC1CCCS(=O)(=O)C1. The Kier molecular flexibility index (Phi) is 3.49. The van der Waals surface area contributed by atoms with E-state index in [1.807, 2.05) is 0 Å². The van der Waals surface area contributed by atoms with Crippen molar-refractivity contribution < 1.29 is 13.2 Å². The van der Waals surface area contributed by atoms with E-state index >= 15 is 0 Å². The Bertz CT molecular complexity index is 311. The van der Waals surface area contributed by atoms with E-state index in [2.05, 4.69) is 5.32 Å². The maximum absolute atomic E-state index is 11.2. The molecule has 14 heavy (non-hydrogen) atoms. The Morgan fingerprint density at radius 1 is 1.57 bits per heavy atom. The number of nitrogens with two attached hydrogens (primary N) is 1. The van der Waals surface area contributed by atoms with Gasteiger partial charge in [-0.3, -0.25) is 4.79 Å². The van der Waals surface area contributed by atoms with E-state index in [4.69, 9.17) is 5.73 Å². The summed E-state index contributed by atoms with van der Waals surface area (Å²) in [6.45, 7) is 1.58. The van der Waals surface area contributed by atoms with Crippen molar-refractivity contribution in [3.8, 4) is 0 Å². The second-order valence-corrected chi connectivity index (χ2v) is 5.98. The molecule has 5 nitrogen and oxygen atoms in total. The molecule has 3 N–H and O–H groups in total. The van der Waals surface area contributed by atoms with Gasteiger partial charge in [-0.25, -0.2) is 8.42 Å². The second kappa shape index (κ2) is 4.27. The first-order valence-electron chi connectivity index (χ1n) is 4.67. The van der Waals surface area contributed by atoms with Crippen molar-refractivity contribution in [2.45, 2.75) is 31.8 Å². The van der Waals surface area contributed by atoms with E-state index in [0.29, 0.717) is 6.42 Å². The number of sulfone groups is 1. The molecule has 1 aliphatic rings. The zero-order valence-electron chi connectivity index (χ0n) is 8.19. The number of hydrogen-bond acceptors (Lipinski definition) is 4. The van der Waals surface area contributed by atoms with E-state index in [1.165, 1.54) is 0 Å². The van der Waals surface area contributed by atoms with Crippen molar-refractivity contribution in [2.24, 2.45) is 5.73 Å². The minimum Gasteiger partial charge on any atom is -0.351 e. The molecule has 0 spiro atoms. The van der Waals surface area contributed by atoms with E-state index in [9.17, 15) is 13.2 Å². The third-order valence-electron chi connectivity index (χ3n) is 2.22. The number of hydrogen-bond donors (Lipinski definition) is 2. The number of rotatable bonds is 2. The molecule has 0 aromatic carbocycles. The molecular formula is C8H16N2O3S. The molecule has 1 heterocycles. The summed E-state index contributed by atoms with van der Waals surface area (Å²) in [5.41, 5.74) is 5.36. The predicted octanol–water partition coefficient (Wildman–Crippen LogP) is -0.973. The van der Waals surface area contributed by atoms with Crippen LogP contribution in [0.4, 0.5) is 0 Å². The van der Waals surface area contributed by atoms with Crippen molar-refractivity contribution in [1.82, 2.24) is 5.32 Å². The number of carbonyl (C=O) groups excluding carboxylic acids is 1. The highest BCUT2D eigenvalue weighted by molar-refractivity contribution is 7.91. The predicted molar refractivity (Wildman–Crippen MR) is 53.5 cm³/mol. The quantitative estimate of drug-likeness (QED) is 0.626. The van der Waals surface area contributed by atoms with Crippen LogP contribution in [-0.2, 0) is 14.6 Å². The van der Waals surface area contributed by atoms with Crippen molar-refractivity contribution in [3.05, 3.63) is 0 Å². The minimum atomic E-state index is -2.96. The standard InChI is InChI=1S/C8H16N2O3S/c1-6(9)8(11)10-7-3-2-4-14(12,13)5-7/h6-7H,2-5,9H2,1H3,(H,10,11)/t6-,7?/m0/s1. The maximum atomic E-state index is 11.2. The van der Waals surface area contributed by atoms with Crippen molar-refractivity contribution in [1.29, 1.82) is 0 Å². The number of amides is 1. The fraction of sp³-hybridized carbons (Fsp3) is 0.875. The second-order valence-electron chi connectivity index (χ2n) is 3.75. The molecule has 1 saturated heterocycles. The average molecular weight is 220 g/mol. The lowest BCUT2D eigenvalue weighted by Gasteiger charge is -2.23. The van der Waals surface area contributed by atoms with Crippen LogP contribution < -0.4 is 11.1 Å². The third kappa shape index (κ3) is 3.26. The molecule has 0 saturated carbocycles. The Morgan fingerprint density at radius 2 is 2.21 bits per heavy atom. The normalized spacial score (nSPS) is 28.0. The van der Waals surface area contributed by atoms with Gasteiger partial charge in [0.05, 0.1) is 17.5 Å². The van der Waals surface area contributed by atoms with Gasteiger partial charge in [0.15, 0.2) is 9.84 Å². The summed E-state index contributed by atoms with van der Waals surface area (Å²) in [7, 11) is -2.96. The highest BCUT2D eigenvalue weighted by atomic mass is 32.2. The van der Waals surface area contributed by atoms with Gasteiger partial charge in [0.1, 0.15) is 0 Å². The van der Waals surface area contributed by atoms with Crippen LogP contribution in [0.2, 0.25) is 0 Å². The lowest BCUT2D eigenvalue weighted by Crippen LogP contribution is -2.48. The molecule has 2 atom stereocenters. The number of nitrogens with one attached hydrogen (secondary N) is 1. The number of carbonyl (C=O) groups is 1. The van der Waals surface area contributed by atoms with Gasteiger partial charge in [-0.15, -0.1) is 0 Å². The first-order valence-corrected chi connectivity index (χ1v) is 6.49. The first-order chi connectivity index (χ1) is 6.41. The zero-order valence-corrected chi connectivity index (χ0v) is 9.01. The summed E-state index contributed by atoms with van der Waals surface area (Å²) in [6, 6.07) is -0.841. The minimum absolute atomic E-state index is 0.0471. The molecular weight excluding hydrogens is 204 g/mol. The van der Waals surface area contributed by atoms with E-state index < -0.39 is 15.9 Å². The Hall–Kier alpha value is -0.620. The lowest BCUT2D eigenvalue weighted by molar-refractivity contribution is -0.122. The van der Waals surface area contributed by atoms with Gasteiger partial charge in [0.25, 0.3) is 0 Å². The van der Waals surface area contributed by atoms with Gasteiger partial charge in [-0.1, -0.05) is 0 Å². The molecule has 6 heteroatoms. The summed E-state index contributed by atoms with van der Waals surface area (Å²) in [4.78, 5) is 11.2. The van der Waals surface area contributed by atoms with E-state index in [1.54, 1.807) is 6.92 Å². The first kappa shape index (κ1) is 11.5. The van der Waals surface area contributed by atoms with E-state index in [-0.39, 0.29) is 23.5 Å². The average Bonchev–Trinajstić information content (AvgIpc) is 2.01. The molecule has 0 aromatic rings. The van der Waals surface area contributed by atoms with Crippen LogP contribution in [0.5, 0.6) is 0 Å². The van der Waals surface area contributed by atoms with Crippen LogP contribution in [0.15, 0.2) is 0 Å². The molecule has 1 rings (SSSR count). The molecule has 0 aromatic heterocycles. The summed E-state index contributed by atoms with van der Waals surface area (Å²) in [6.07, 6.45) is 1.34. The Labute approximate surface area is 84.0 Å². The van der Waals surface area contributed by atoms with Gasteiger partial charge in [0, 0.05) is 6.04 Å². The highest BCUT2D eigenvalue weighted by Gasteiger charge is 2.26. The van der Waals surface area contributed by atoms with Crippen LogP contribution in [0, 0.1) is 0 Å². The Morgan fingerprint density at radius 3 is 2.71 bits per heavy atom. The molecule has 0 bridgehead atoms. The van der Waals surface area contributed by atoms with Gasteiger partial charge >= 0.3 is 0 Å². The largest absolute Gasteiger partial charge is 0.351 e. The Balaban J connectivity index is 2.50. The van der Waals surface area contributed by atoms with Gasteiger partial charge in [0.2, 0.25) is 5.91 Å². The van der Waals surface area contributed by atoms with E-state index in [0.717, 1.165) is 6.42 Å². The van der Waals surface area contributed by atoms with Crippen LogP contribution in [0.25, 0.3) is 0 Å². The third-order valence-corrected chi connectivity index (χ3v) is 4.04. The summed E-state index contributed by atoms with van der Waals surface area (Å²) < 4.78 is 22.5. The molecule has 82 valence electrons. The molecule has 0 aliphatic carbocycles. The van der Waals surface area contributed by atoms with Crippen LogP contribution >= 0.6 is 0 Å². The molecule has 1 aliphatic heterocycles. The van der Waals surface area contributed by atoms with Crippen LogP contribution in [-0.4, -0.2) is 37.9 Å². The van der Waals surface area contributed by atoms with Crippen molar-refractivity contribution in [3.63, 3.8) is 0 Å². The molecule has 1 unspecified atom stereocenters. The molecule has 1 amide bonds. The van der Waals surface area contributed by atoms with Gasteiger partial charge < -0.3 is 11.1 Å². The van der Waals surface area contributed by atoms with Crippen LogP contribution in [0.1, 0.15) is 19.8 Å². The summed E-state index contributed by atoms with van der Waals surface area (Å²) in [5, 5.41) is 2.63.